The molecule has 3 rings (SSSR count). The molecule has 1 aromatic rings. The fraction of sp³-hybridized carbons (Fsp3) is 0.650. The number of benzene rings is 1. The molecule has 9 heteroatoms. The number of aliphatic imine (C=N–C) groups is 1. The Bertz CT molecular complexity index is 724. The third-order valence-corrected chi connectivity index (χ3v) is 7.22. The fourth-order valence-electron chi connectivity index (χ4n) is 3.91. The molecule has 164 valence electrons. The van der Waals surface area contributed by atoms with Crippen molar-refractivity contribution in [2.24, 2.45) is 4.99 Å². The molecule has 0 aliphatic carbocycles. The van der Waals surface area contributed by atoms with Crippen LogP contribution in [0.5, 0.6) is 0 Å². The number of guanidine groups is 1. The van der Waals surface area contributed by atoms with Crippen LogP contribution in [-0.4, -0.2) is 88.5 Å². The maximum atomic E-state index is 11.5. The summed E-state index contributed by atoms with van der Waals surface area (Å²) in [6.45, 7) is 5.92. The van der Waals surface area contributed by atoms with E-state index in [2.05, 4.69) is 55.8 Å². The zero-order valence-corrected chi connectivity index (χ0v) is 20.4. The van der Waals surface area contributed by atoms with Gasteiger partial charge in [-0.2, -0.15) is 0 Å². The van der Waals surface area contributed by atoms with Gasteiger partial charge < -0.3 is 10.6 Å². The van der Waals surface area contributed by atoms with Crippen molar-refractivity contribution >= 4 is 39.8 Å². The monoisotopic (exact) mass is 535 g/mol. The number of nitrogens with one attached hydrogen (secondary N) is 2. The molecule has 1 aromatic carbocycles. The normalized spacial score (nSPS) is 21.3. The van der Waals surface area contributed by atoms with E-state index in [1.165, 1.54) is 18.4 Å². The second-order valence-electron chi connectivity index (χ2n) is 7.54. The Kier molecular flexibility index (Phi) is 10.1. The van der Waals surface area contributed by atoms with Crippen molar-refractivity contribution in [2.45, 2.75) is 18.9 Å². The molecule has 0 aromatic heterocycles. The molecule has 0 saturated carbocycles. The minimum Gasteiger partial charge on any atom is -0.355 e. The first-order valence-electron chi connectivity index (χ1n) is 10.2. The lowest BCUT2D eigenvalue weighted by molar-refractivity contribution is 0.245. The van der Waals surface area contributed by atoms with E-state index in [0.717, 1.165) is 38.7 Å². The van der Waals surface area contributed by atoms with Crippen molar-refractivity contribution in [3.8, 4) is 0 Å². The molecule has 2 aliphatic rings. The number of hydrogen-bond donors (Lipinski definition) is 2. The summed E-state index contributed by atoms with van der Waals surface area (Å²) in [5, 5.41) is 6.84. The predicted octanol–water partition coefficient (Wildman–Crippen LogP) is 1.34. The Labute approximate surface area is 192 Å². The summed E-state index contributed by atoms with van der Waals surface area (Å²) in [4.78, 5) is 9.09. The standard InChI is InChI=1S/C20H33N5O2S.HI/c1-21-20(22-9-12-24-13-15-28(26,27)16-14-24)23-17-19(25-10-5-6-11-25)18-7-3-2-4-8-18;/h2-4,7-8,19H,5-6,9-17H2,1H3,(H2,21,22,23);1H. The van der Waals surface area contributed by atoms with Gasteiger partial charge >= 0.3 is 0 Å². The smallest absolute Gasteiger partial charge is 0.191 e. The molecule has 7 nitrogen and oxygen atoms in total. The average molecular weight is 535 g/mol. The average Bonchev–Trinajstić information content (AvgIpc) is 3.23. The molecule has 29 heavy (non-hydrogen) atoms. The molecular formula is C20H34IN5O2S. The van der Waals surface area contributed by atoms with Crippen LogP contribution in [0.15, 0.2) is 35.3 Å². The van der Waals surface area contributed by atoms with Gasteiger partial charge in [-0.3, -0.25) is 14.8 Å². The number of nitrogens with zero attached hydrogens (tertiary/aromatic N) is 3. The van der Waals surface area contributed by atoms with Crippen LogP contribution in [-0.2, 0) is 9.84 Å². The largest absolute Gasteiger partial charge is 0.355 e. The Balaban J connectivity index is 0.00000300. The van der Waals surface area contributed by atoms with Crippen LogP contribution in [0.1, 0.15) is 24.4 Å². The minimum absolute atomic E-state index is 0. The van der Waals surface area contributed by atoms with Crippen LogP contribution in [0.25, 0.3) is 0 Å². The summed E-state index contributed by atoms with van der Waals surface area (Å²) in [5.41, 5.74) is 1.34. The van der Waals surface area contributed by atoms with Crippen molar-refractivity contribution in [1.29, 1.82) is 0 Å². The highest BCUT2D eigenvalue weighted by molar-refractivity contribution is 14.0. The van der Waals surface area contributed by atoms with E-state index in [0.29, 0.717) is 19.1 Å². The summed E-state index contributed by atoms with van der Waals surface area (Å²) in [5.74, 6) is 1.34. The zero-order chi connectivity index (χ0) is 19.8. The van der Waals surface area contributed by atoms with Crippen molar-refractivity contribution in [1.82, 2.24) is 20.4 Å². The van der Waals surface area contributed by atoms with Crippen LogP contribution in [0.2, 0.25) is 0 Å². The van der Waals surface area contributed by atoms with E-state index in [-0.39, 0.29) is 35.5 Å². The van der Waals surface area contributed by atoms with Crippen LogP contribution < -0.4 is 10.6 Å². The third kappa shape index (κ3) is 7.69. The van der Waals surface area contributed by atoms with Gasteiger partial charge in [0.1, 0.15) is 0 Å². The van der Waals surface area contributed by atoms with E-state index in [4.69, 9.17) is 0 Å². The fourth-order valence-corrected chi connectivity index (χ4v) is 5.18. The molecule has 2 aliphatic heterocycles. The molecule has 1 unspecified atom stereocenters. The molecule has 1 atom stereocenters. The van der Waals surface area contributed by atoms with Gasteiger partial charge in [0.2, 0.25) is 0 Å². The van der Waals surface area contributed by atoms with Crippen molar-refractivity contribution in [3.63, 3.8) is 0 Å². The van der Waals surface area contributed by atoms with Crippen molar-refractivity contribution in [2.75, 3.05) is 64.4 Å². The van der Waals surface area contributed by atoms with Crippen LogP contribution in [0.4, 0.5) is 0 Å². The second kappa shape index (κ2) is 12.1. The maximum Gasteiger partial charge on any atom is 0.191 e. The zero-order valence-electron chi connectivity index (χ0n) is 17.2. The highest BCUT2D eigenvalue weighted by Crippen LogP contribution is 2.24. The van der Waals surface area contributed by atoms with Crippen LogP contribution in [0, 0.1) is 0 Å². The van der Waals surface area contributed by atoms with Crippen molar-refractivity contribution < 1.29 is 8.42 Å². The van der Waals surface area contributed by atoms with Crippen LogP contribution >= 0.6 is 24.0 Å². The Hall–Kier alpha value is -0.910. The number of likely N-dealkylation sites (tertiary alicyclic amines) is 1. The second-order valence-corrected chi connectivity index (χ2v) is 9.85. The van der Waals surface area contributed by atoms with Gasteiger partial charge in [-0.1, -0.05) is 30.3 Å². The van der Waals surface area contributed by atoms with Gasteiger partial charge in [0.05, 0.1) is 17.5 Å². The maximum absolute atomic E-state index is 11.5. The Morgan fingerprint density at radius 3 is 2.34 bits per heavy atom. The number of hydrogen-bond acceptors (Lipinski definition) is 5. The van der Waals surface area contributed by atoms with E-state index in [1.54, 1.807) is 7.05 Å². The van der Waals surface area contributed by atoms with E-state index in [9.17, 15) is 8.42 Å². The lowest BCUT2D eigenvalue weighted by atomic mass is 10.1. The summed E-state index contributed by atoms with van der Waals surface area (Å²) in [6.07, 6.45) is 2.53. The molecule has 2 N–H and O–H groups in total. The summed E-state index contributed by atoms with van der Waals surface area (Å²) in [7, 11) is -1.03. The molecule has 0 bridgehead atoms. The van der Waals surface area contributed by atoms with Gasteiger partial charge in [0.15, 0.2) is 15.8 Å². The molecule has 0 radical (unpaired) electrons. The minimum atomic E-state index is -2.82. The van der Waals surface area contributed by atoms with Crippen LogP contribution in [0.3, 0.4) is 0 Å². The molecular weight excluding hydrogens is 501 g/mol. The summed E-state index contributed by atoms with van der Waals surface area (Å²) < 4.78 is 23.0. The van der Waals surface area contributed by atoms with Crippen molar-refractivity contribution in [3.05, 3.63) is 35.9 Å². The number of rotatable bonds is 7. The first-order chi connectivity index (χ1) is 13.6. The van der Waals surface area contributed by atoms with Gasteiger partial charge in [-0.05, 0) is 31.5 Å². The van der Waals surface area contributed by atoms with E-state index in [1.807, 2.05) is 0 Å². The lowest BCUT2D eigenvalue weighted by Crippen LogP contribution is -2.47. The van der Waals surface area contributed by atoms with E-state index >= 15 is 0 Å². The highest BCUT2D eigenvalue weighted by atomic mass is 127. The van der Waals surface area contributed by atoms with Gasteiger partial charge in [0, 0.05) is 39.8 Å². The first kappa shape index (κ1) is 24.4. The summed E-state index contributed by atoms with van der Waals surface area (Å²) >= 11 is 0. The van der Waals surface area contributed by atoms with Gasteiger partial charge in [0.25, 0.3) is 0 Å². The first-order valence-corrected chi connectivity index (χ1v) is 12.1. The SMILES string of the molecule is CN=C(NCCN1CCS(=O)(=O)CC1)NCC(c1ccccc1)N1CCCC1.I. The number of halogens is 1. The van der Waals surface area contributed by atoms with Gasteiger partial charge in [-0.15, -0.1) is 24.0 Å². The molecule has 2 fully saturated rings. The predicted molar refractivity (Wildman–Crippen MR) is 130 cm³/mol. The quantitative estimate of drug-likeness (QED) is 0.312. The topological polar surface area (TPSA) is 77.0 Å². The molecule has 0 amide bonds. The highest BCUT2D eigenvalue weighted by Gasteiger charge is 2.24. The Morgan fingerprint density at radius 1 is 1.07 bits per heavy atom. The lowest BCUT2D eigenvalue weighted by Gasteiger charge is -2.29. The van der Waals surface area contributed by atoms with Gasteiger partial charge in [-0.25, -0.2) is 8.42 Å². The Morgan fingerprint density at radius 2 is 1.72 bits per heavy atom. The summed E-state index contributed by atoms with van der Waals surface area (Å²) in [6, 6.07) is 11.0. The number of sulfone groups is 1. The third-order valence-electron chi connectivity index (χ3n) is 5.61. The molecule has 2 saturated heterocycles. The van der Waals surface area contributed by atoms with E-state index < -0.39 is 9.84 Å². The molecule has 0 spiro atoms. The molecule has 2 heterocycles.